The fourth-order valence-corrected chi connectivity index (χ4v) is 1.63. The highest BCUT2D eigenvalue weighted by Gasteiger charge is 2.10. The van der Waals surface area contributed by atoms with Crippen LogP contribution in [0.1, 0.15) is 0 Å². The van der Waals surface area contributed by atoms with Crippen LogP contribution in [0.25, 0.3) is 11.3 Å². The van der Waals surface area contributed by atoms with E-state index in [1.165, 1.54) is 0 Å². The topological polar surface area (TPSA) is 56.7 Å². The minimum Gasteiger partial charge on any atom is -0.396 e. The number of aromatic nitrogens is 3. The smallest absolute Gasteiger partial charge is 0.147 e. The zero-order valence-corrected chi connectivity index (χ0v) is 9.42. The molecule has 0 radical (unpaired) electrons. The Hall–Kier alpha value is -1.26. The Bertz CT molecular complexity index is 487. The molecule has 0 aliphatic heterocycles. The predicted molar refractivity (Wildman–Crippen MR) is 60.9 cm³/mol. The summed E-state index contributed by atoms with van der Waals surface area (Å²) in [6.45, 7) is 0. The van der Waals surface area contributed by atoms with Gasteiger partial charge in [0.25, 0.3) is 0 Å². The number of hydrogen-bond donors (Lipinski definition) is 1. The molecule has 0 spiro atoms. The Morgan fingerprint density at radius 1 is 1.33 bits per heavy atom. The Kier molecular flexibility index (Phi) is 2.54. The number of halogens is 2. The van der Waals surface area contributed by atoms with Gasteiger partial charge in [0.15, 0.2) is 0 Å². The van der Waals surface area contributed by atoms with Crippen LogP contribution < -0.4 is 5.73 Å². The van der Waals surface area contributed by atoms with Crippen molar-refractivity contribution < 1.29 is 0 Å². The van der Waals surface area contributed by atoms with Crippen LogP contribution in [0.5, 0.6) is 0 Å². The van der Waals surface area contributed by atoms with E-state index in [1.807, 2.05) is 0 Å². The molecule has 0 aliphatic rings. The molecule has 0 bridgehead atoms. The van der Waals surface area contributed by atoms with Crippen molar-refractivity contribution >= 4 is 28.9 Å². The molecule has 2 aromatic heterocycles. The zero-order valence-electron chi connectivity index (χ0n) is 7.91. The Balaban J connectivity index is 2.59. The first-order valence-corrected chi connectivity index (χ1v) is 4.94. The lowest BCUT2D eigenvalue weighted by Crippen LogP contribution is -1.96. The second-order valence-corrected chi connectivity index (χ2v) is 3.83. The van der Waals surface area contributed by atoms with E-state index in [2.05, 4.69) is 10.1 Å². The highest BCUT2D eigenvalue weighted by molar-refractivity contribution is 6.41. The number of nitrogens with zero attached hydrogens (tertiary/aromatic N) is 3. The van der Waals surface area contributed by atoms with Crippen molar-refractivity contribution in [2.45, 2.75) is 0 Å². The molecule has 0 fully saturated rings. The van der Waals surface area contributed by atoms with Gasteiger partial charge in [-0.2, -0.15) is 5.10 Å². The third-order valence-corrected chi connectivity index (χ3v) is 2.72. The number of pyridine rings is 1. The molecule has 15 heavy (non-hydrogen) atoms. The SMILES string of the molecule is Cn1ncc(N)c1-c1cnc(Cl)c(Cl)c1. The minimum absolute atomic E-state index is 0.279. The number of hydrogen-bond acceptors (Lipinski definition) is 3. The van der Waals surface area contributed by atoms with Crippen LogP contribution >= 0.6 is 23.2 Å². The third-order valence-electron chi connectivity index (χ3n) is 2.04. The van der Waals surface area contributed by atoms with Crippen LogP contribution in [-0.4, -0.2) is 14.8 Å². The molecule has 0 saturated heterocycles. The predicted octanol–water partition coefficient (Wildman–Crippen LogP) is 2.37. The summed E-state index contributed by atoms with van der Waals surface area (Å²) in [5.74, 6) is 0. The average molecular weight is 243 g/mol. The van der Waals surface area contributed by atoms with Crippen molar-refractivity contribution in [2.75, 3.05) is 5.73 Å². The highest BCUT2D eigenvalue weighted by atomic mass is 35.5. The minimum atomic E-state index is 0.279. The first-order valence-electron chi connectivity index (χ1n) is 4.18. The molecular formula is C9H8Cl2N4. The number of anilines is 1. The molecule has 0 saturated carbocycles. The summed E-state index contributed by atoms with van der Waals surface area (Å²) in [5.41, 5.74) is 7.93. The van der Waals surface area contributed by atoms with E-state index in [4.69, 9.17) is 28.9 Å². The van der Waals surface area contributed by atoms with Crippen LogP contribution in [0.3, 0.4) is 0 Å². The molecule has 2 aromatic rings. The molecular weight excluding hydrogens is 235 g/mol. The standard InChI is InChI=1S/C9H8Cl2N4/c1-15-8(7(12)4-14-15)5-2-6(10)9(11)13-3-5/h2-4H,12H2,1H3. The van der Waals surface area contributed by atoms with Gasteiger partial charge in [0, 0.05) is 18.8 Å². The summed E-state index contributed by atoms with van der Waals surface area (Å²) in [6.07, 6.45) is 3.19. The quantitative estimate of drug-likeness (QED) is 0.782. The second-order valence-electron chi connectivity index (χ2n) is 3.07. The fourth-order valence-electron chi connectivity index (χ4n) is 1.36. The molecule has 2 heterocycles. The van der Waals surface area contributed by atoms with Crippen LogP contribution in [0.2, 0.25) is 10.2 Å². The Morgan fingerprint density at radius 3 is 2.60 bits per heavy atom. The summed E-state index contributed by atoms with van der Waals surface area (Å²) < 4.78 is 1.66. The first kappa shape index (κ1) is 10.3. The summed E-state index contributed by atoms with van der Waals surface area (Å²) in [4.78, 5) is 3.95. The number of nitrogens with two attached hydrogens (primary N) is 1. The Labute approximate surface area is 96.6 Å². The maximum Gasteiger partial charge on any atom is 0.147 e. The summed E-state index contributed by atoms with van der Waals surface area (Å²) in [5, 5.41) is 4.71. The molecule has 2 N–H and O–H groups in total. The molecule has 4 nitrogen and oxygen atoms in total. The monoisotopic (exact) mass is 242 g/mol. The Morgan fingerprint density at radius 2 is 2.07 bits per heavy atom. The van der Waals surface area contributed by atoms with Crippen molar-refractivity contribution in [3.05, 3.63) is 28.6 Å². The van der Waals surface area contributed by atoms with Gasteiger partial charge in [-0.15, -0.1) is 0 Å². The molecule has 0 aliphatic carbocycles. The van der Waals surface area contributed by atoms with Crippen LogP contribution in [0.4, 0.5) is 5.69 Å². The molecule has 0 unspecified atom stereocenters. The second kappa shape index (κ2) is 3.72. The van der Waals surface area contributed by atoms with Gasteiger partial charge in [-0.25, -0.2) is 4.98 Å². The number of rotatable bonds is 1. The van der Waals surface area contributed by atoms with Crippen molar-refractivity contribution in [3.63, 3.8) is 0 Å². The van der Waals surface area contributed by atoms with Crippen LogP contribution in [0, 0.1) is 0 Å². The van der Waals surface area contributed by atoms with Crippen molar-refractivity contribution in [1.29, 1.82) is 0 Å². The van der Waals surface area contributed by atoms with E-state index >= 15 is 0 Å². The summed E-state index contributed by atoms with van der Waals surface area (Å²) in [6, 6.07) is 1.71. The lowest BCUT2D eigenvalue weighted by atomic mass is 10.2. The van der Waals surface area contributed by atoms with Gasteiger partial charge < -0.3 is 5.73 Å². The van der Waals surface area contributed by atoms with E-state index < -0.39 is 0 Å². The summed E-state index contributed by atoms with van der Waals surface area (Å²) >= 11 is 11.6. The fraction of sp³-hybridized carbons (Fsp3) is 0.111. The molecule has 6 heteroatoms. The van der Waals surface area contributed by atoms with Gasteiger partial charge in [0.1, 0.15) is 5.15 Å². The average Bonchev–Trinajstić information content (AvgIpc) is 2.52. The molecule has 78 valence electrons. The maximum absolute atomic E-state index is 5.87. The molecule has 0 aromatic carbocycles. The van der Waals surface area contributed by atoms with Gasteiger partial charge in [-0.3, -0.25) is 4.68 Å². The molecule has 0 amide bonds. The normalized spacial score (nSPS) is 10.6. The van der Waals surface area contributed by atoms with E-state index in [1.54, 1.807) is 30.2 Å². The van der Waals surface area contributed by atoms with E-state index in [0.717, 1.165) is 11.3 Å². The largest absolute Gasteiger partial charge is 0.396 e. The first-order chi connectivity index (χ1) is 7.09. The number of aryl methyl sites for hydroxylation is 1. The van der Waals surface area contributed by atoms with Gasteiger partial charge >= 0.3 is 0 Å². The molecule has 2 rings (SSSR count). The van der Waals surface area contributed by atoms with Gasteiger partial charge in [0.2, 0.25) is 0 Å². The van der Waals surface area contributed by atoms with Gasteiger partial charge in [-0.05, 0) is 6.07 Å². The van der Waals surface area contributed by atoms with Crippen molar-refractivity contribution in [2.24, 2.45) is 7.05 Å². The molecule has 0 atom stereocenters. The zero-order chi connectivity index (χ0) is 11.0. The van der Waals surface area contributed by atoms with Crippen molar-refractivity contribution in [1.82, 2.24) is 14.8 Å². The van der Waals surface area contributed by atoms with Crippen molar-refractivity contribution in [3.8, 4) is 11.3 Å². The van der Waals surface area contributed by atoms with Crippen LogP contribution in [-0.2, 0) is 7.05 Å². The lowest BCUT2D eigenvalue weighted by Gasteiger charge is -2.04. The summed E-state index contributed by atoms with van der Waals surface area (Å²) in [7, 11) is 1.80. The lowest BCUT2D eigenvalue weighted by molar-refractivity contribution is 0.775. The van der Waals surface area contributed by atoms with E-state index in [0.29, 0.717) is 10.7 Å². The van der Waals surface area contributed by atoms with Gasteiger partial charge in [-0.1, -0.05) is 23.2 Å². The third kappa shape index (κ3) is 1.78. The van der Waals surface area contributed by atoms with Gasteiger partial charge in [0.05, 0.1) is 22.6 Å². The highest BCUT2D eigenvalue weighted by Crippen LogP contribution is 2.29. The number of nitrogen functional groups attached to an aromatic ring is 1. The van der Waals surface area contributed by atoms with E-state index in [-0.39, 0.29) is 5.15 Å². The maximum atomic E-state index is 5.87. The van der Waals surface area contributed by atoms with E-state index in [9.17, 15) is 0 Å². The van der Waals surface area contributed by atoms with Crippen LogP contribution in [0.15, 0.2) is 18.5 Å².